The topological polar surface area (TPSA) is 38.2 Å². The predicted molar refractivity (Wildman–Crippen MR) is 50.4 cm³/mol. The lowest BCUT2D eigenvalue weighted by Crippen LogP contribution is -2.25. The second-order valence-corrected chi connectivity index (χ2v) is 3.45. The summed E-state index contributed by atoms with van der Waals surface area (Å²) in [6.07, 6.45) is 1.18. The van der Waals surface area contributed by atoms with Gasteiger partial charge in [0, 0.05) is 19.0 Å². The number of nitrogens with zero attached hydrogens (tertiary/aromatic N) is 3. The van der Waals surface area contributed by atoms with Crippen molar-refractivity contribution in [1.29, 1.82) is 0 Å². The molecule has 0 atom stereocenters. The lowest BCUT2D eigenvalue weighted by atomic mass is 10.3. The molecular formula is C9H11F2N3O. The lowest BCUT2D eigenvalue weighted by molar-refractivity contribution is 0.0256. The Morgan fingerprint density at radius 2 is 2.27 bits per heavy atom. The number of alkyl halides is 2. The largest absolute Gasteiger partial charge is 0.481 e. The third kappa shape index (κ3) is 2.14. The van der Waals surface area contributed by atoms with Gasteiger partial charge in [-0.2, -0.15) is 0 Å². The molecule has 0 aromatic carbocycles. The van der Waals surface area contributed by atoms with Crippen LogP contribution in [0.1, 0.15) is 6.42 Å². The fourth-order valence-electron chi connectivity index (χ4n) is 1.55. The van der Waals surface area contributed by atoms with E-state index in [1.54, 1.807) is 6.07 Å². The molecule has 0 amide bonds. The number of anilines is 1. The van der Waals surface area contributed by atoms with Crippen molar-refractivity contribution in [3.8, 4) is 5.88 Å². The minimum absolute atomic E-state index is 0.126. The van der Waals surface area contributed by atoms with Crippen LogP contribution in [0.25, 0.3) is 0 Å². The summed E-state index contributed by atoms with van der Waals surface area (Å²) in [5, 5.41) is 0. The van der Waals surface area contributed by atoms with E-state index in [2.05, 4.69) is 9.97 Å². The minimum Gasteiger partial charge on any atom is -0.481 e. The zero-order valence-electron chi connectivity index (χ0n) is 8.28. The molecule has 1 fully saturated rings. The van der Waals surface area contributed by atoms with Gasteiger partial charge in [-0.15, -0.1) is 0 Å². The number of halogens is 2. The van der Waals surface area contributed by atoms with Gasteiger partial charge in [-0.05, 0) is 0 Å². The molecule has 6 heteroatoms. The molecular weight excluding hydrogens is 204 g/mol. The zero-order valence-corrected chi connectivity index (χ0v) is 8.28. The van der Waals surface area contributed by atoms with Gasteiger partial charge in [0.15, 0.2) is 0 Å². The van der Waals surface area contributed by atoms with Gasteiger partial charge in [0.25, 0.3) is 5.92 Å². The standard InChI is InChI=1S/C9H11F2N3O/c1-15-8-4-7(12-6-13-8)14-3-2-9(10,11)5-14/h4,6H,2-3,5H2,1H3. The Kier molecular flexibility index (Phi) is 2.42. The average molecular weight is 215 g/mol. The number of methoxy groups -OCH3 is 1. The van der Waals surface area contributed by atoms with Crippen molar-refractivity contribution in [1.82, 2.24) is 9.97 Å². The summed E-state index contributed by atoms with van der Waals surface area (Å²) in [4.78, 5) is 9.29. The summed E-state index contributed by atoms with van der Waals surface area (Å²) < 4.78 is 30.8. The quantitative estimate of drug-likeness (QED) is 0.746. The highest BCUT2D eigenvalue weighted by Crippen LogP contribution is 2.30. The highest BCUT2D eigenvalue weighted by molar-refractivity contribution is 5.42. The third-order valence-corrected chi connectivity index (χ3v) is 2.33. The van der Waals surface area contributed by atoms with E-state index in [0.717, 1.165) is 0 Å². The number of hydrogen-bond acceptors (Lipinski definition) is 4. The Labute approximate surface area is 85.9 Å². The van der Waals surface area contributed by atoms with E-state index in [0.29, 0.717) is 18.2 Å². The molecule has 1 aromatic heterocycles. The van der Waals surface area contributed by atoms with Crippen LogP contribution in [0.15, 0.2) is 12.4 Å². The summed E-state index contributed by atoms with van der Waals surface area (Å²) in [5.74, 6) is -1.74. The van der Waals surface area contributed by atoms with Crippen LogP contribution in [0.5, 0.6) is 5.88 Å². The molecule has 2 rings (SSSR count). The number of hydrogen-bond donors (Lipinski definition) is 0. The van der Waals surface area contributed by atoms with E-state index < -0.39 is 5.92 Å². The van der Waals surface area contributed by atoms with Crippen LogP contribution >= 0.6 is 0 Å². The van der Waals surface area contributed by atoms with Gasteiger partial charge >= 0.3 is 0 Å². The van der Waals surface area contributed by atoms with Crippen LogP contribution in [0.3, 0.4) is 0 Å². The van der Waals surface area contributed by atoms with Crippen LogP contribution in [-0.2, 0) is 0 Å². The first kappa shape index (κ1) is 10.1. The lowest BCUT2D eigenvalue weighted by Gasteiger charge is -2.16. The van der Waals surface area contributed by atoms with Crippen molar-refractivity contribution in [3.05, 3.63) is 12.4 Å². The van der Waals surface area contributed by atoms with Crippen LogP contribution in [0.4, 0.5) is 14.6 Å². The summed E-state index contributed by atoms with van der Waals surface area (Å²) in [7, 11) is 1.48. The van der Waals surface area contributed by atoms with Crippen LogP contribution in [0.2, 0.25) is 0 Å². The third-order valence-electron chi connectivity index (χ3n) is 2.33. The van der Waals surface area contributed by atoms with Gasteiger partial charge in [0.05, 0.1) is 13.7 Å². The van der Waals surface area contributed by atoms with Crippen molar-refractivity contribution < 1.29 is 13.5 Å². The fourth-order valence-corrected chi connectivity index (χ4v) is 1.55. The summed E-state index contributed by atoms with van der Waals surface area (Å²) in [5.41, 5.74) is 0. The van der Waals surface area contributed by atoms with Gasteiger partial charge in [-0.25, -0.2) is 18.7 Å². The molecule has 0 radical (unpaired) electrons. The molecule has 2 heterocycles. The normalized spacial score (nSPS) is 19.3. The number of ether oxygens (including phenoxy) is 1. The monoisotopic (exact) mass is 215 g/mol. The Morgan fingerprint density at radius 1 is 1.47 bits per heavy atom. The Hall–Kier alpha value is -1.46. The maximum atomic E-state index is 12.9. The molecule has 0 bridgehead atoms. The number of rotatable bonds is 2. The molecule has 4 nitrogen and oxygen atoms in total. The second-order valence-electron chi connectivity index (χ2n) is 3.45. The molecule has 1 aliphatic heterocycles. The summed E-state index contributed by atoms with van der Waals surface area (Å²) in [6.45, 7) is 0.0281. The second kappa shape index (κ2) is 3.60. The maximum absolute atomic E-state index is 12.9. The maximum Gasteiger partial charge on any atom is 0.266 e. The smallest absolute Gasteiger partial charge is 0.266 e. The van der Waals surface area contributed by atoms with E-state index >= 15 is 0 Å². The predicted octanol–water partition coefficient (Wildman–Crippen LogP) is 1.33. The highest BCUT2D eigenvalue weighted by atomic mass is 19.3. The summed E-state index contributed by atoms with van der Waals surface area (Å²) >= 11 is 0. The Bertz CT molecular complexity index is 359. The SMILES string of the molecule is COc1cc(N2CCC(F)(F)C2)ncn1. The van der Waals surface area contributed by atoms with Crippen LogP contribution < -0.4 is 9.64 Å². The van der Waals surface area contributed by atoms with Crippen molar-refractivity contribution in [2.24, 2.45) is 0 Å². The van der Waals surface area contributed by atoms with Gasteiger partial charge in [0.1, 0.15) is 12.1 Å². The first-order valence-electron chi connectivity index (χ1n) is 4.59. The first-order valence-corrected chi connectivity index (χ1v) is 4.59. The Balaban J connectivity index is 2.16. The molecule has 0 aliphatic carbocycles. The molecule has 0 saturated carbocycles. The van der Waals surface area contributed by atoms with E-state index in [1.807, 2.05) is 0 Å². The van der Waals surface area contributed by atoms with E-state index in [4.69, 9.17) is 4.74 Å². The van der Waals surface area contributed by atoms with Crippen molar-refractivity contribution in [3.63, 3.8) is 0 Å². The van der Waals surface area contributed by atoms with E-state index in [-0.39, 0.29) is 13.0 Å². The van der Waals surface area contributed by atoms with Crippen molar-refractivity contribution in [2.75, 3.05) is 25.1 Å². The van der Waals surface area contributed by atoms with E-state index in [9.17, 15) is 8.78 Å². The van der Waals surface area contributed by atoms with Gasteiger partial charge < -0.3 is 9.64 Å². The van der Waals surface area contributed by atoms with Crippen LogP contribution in [-0.4, -0.2) is 36.1 Å². The molecule has 1 saturated heterocycles. The highest BCUT2D eigenvalue weighted by Gasteiger charge is 2.38. The molecule has 0 unspecified atom stereocenters. The van der Waals surface area contributed by atoms with Crippen molar-refractivity contribution in [2.45, 2.75) is 12.3 Å². The molecule has 0 N–H and O–H groups in total. The fraction of sp³-hybridized carbons (Fsp3) is 0.556. The minimum atomic E-state index is -2.61. The first-order chi connectivity index (χ1) is 7.11. The molecule has 1 aliphatic rings. The van der Waals surface area contributed by atoms with Gasteiger partial charge in [-0.3, -0.25) is 0 Å². The average Bonchev–Trinajstić information content (AvgIpc) is 2.59. The number of aromatic nitrogens is 2. The molecule has 15 heavy (non-hydrogen) atoms. The Morgan fingerprint density at radius 3 is 2.87 bits per heavy atom. The molecule has 1 aromatic rings. The molecule has 82 valence electrons. The van der Waals surface area contributed by atoms with Crippen LogP contribution in [0, 0.1) is 0 Å². The van der Waals surface area contributed by atoms with Gasteiger partial charge in [0.2, 0.25) is 5.88 Å². The zero-order chi connectivity index (χ0) is 10.9. The van der Waals surface area contributed by atoms with Crippen molar-refractivity contribution >= 4 is 5.82 Å². The molecule has 0 spiro atoms. The van der Waals surface area contributed by atoms with Gasteiger partial charge in [-0.1, -0.05) is 0 Å². The summed E-state index contributed by atoms with van der Waals surface area (Å²) in [6, 6.07) is 1.56. The van der Waals surface area contributed by atoms with E-state index in [1.165, 1.54) is 18.3 Å².